The van der Waals surface area contributed by atoms with Crippen LogP contribution in [-0.4, -0.2) is 26.7 Å². The number of carbonyl (C=O) groups excluding carboxylic acids is 1. The predicted octanol–water partition coefficient (Wildman–Crippen LogP) is 0.590. The van der Waals surface area contributed by atoms with Crippen molar-refractivity contribution in [3.8, 4) is 0 Å². The number of benzene rings is 1. The highest BCUT2D eigenvalue weighted by molar-refractivity contribution is 7.86. The molecule has 0 atom stereocenters. The maximum atomic E-state index is 11.7. The summed E-state index contributed by atoms with van der Waals surface area (Å²) < 4.78 is 34.1. The maximum Gasteiger partial charge on any atom is 0.370 e. The molecule has 0 amide bonds. The van der Waals surface area contributed by atoms with Crippen molar-refractivity contribution in [3.05, 3.63) is 66.5 Å². The molecule has 0 N–H and O–H groups in total. The second kappa shape index (κ2) is 6.85. The normalized spacial score (nSPS) is 10.9. The summed E-state index contributed by atoms with van der Waals surface area (Å²) >= 11 is 0. The number of pyridine rings is 1. The van der Waals surface area contributed by atoms with E-state index in [0.29, 0.717) is 5.56 Å². The number of rotatable bonds is 6. The lowest BCUT2D eigenvalue weighted by atomic mass is 10.2. The Balaban J connectivity index is 1.84. The first-order valence-electron chi connectivity index (χ1n) is 6.18. The minimum absolute atomic E-state index is 0.274. The highest BCUT2D eigenvalue weighted by Crippen LogP contribution is 2.01. The molecule has 1 heterocycles. The lowest BCUT2D eigenvalue weighted by Crippen LogP contribution is -2.46. The first-order valence-corrected chi connectivity index (χ1v) is 7.76. The van der Waals surface area contributed by atoms with E-state index in [0.717, 1.165) is 4.73 Å². The fraction of sp³-hybridized carbons (Fsp3) is 0.143. The third-order valence-electron chi connectivity index (χ3n) is 2.46. The van der Waals surface area contributed by atoms with Gasteiger partial charge < -0.3 is 4.74 Å². The first-order chi connectivity index (χ1) is 10.1. The third kappa shape index (κ3) is 4.88. The fourth-order valence-corrected chi connectivity index (χ4v) is 2.22. The van der Waals surface area contributed by atoms with E-state index >= 15 is 0 Å². The van der Waals surface area contributed by atoms with E-state index in [-0.39, 0.29) is 6.61 Å². The fourth-order valence-electron chi connectivity index (χ4n) is 1.49. The summed E-state index contributed by atoms with van der Waals surface area (Å²) in [5.41, 5.74) is 0.369. The predicted molar refractivity (Wildman–Crippen MR) is 73.7 cm³/mol. The molecule has 110 valence electrons. The maximum absolute atomic E-state index is 11.7. The average molecular weight is 308 g/mol. The van der Waals surface area contributed by atoms with Gasteiger partial charge in [-0.25, -0.2) is 4.79 Å². The summed E-state index contributed by atoms with van der Waals surface area (Å²) in [6.45, 7) is -0.274. The van der Waals surface area contributed by atoms with Gasteiger partial charge in [0.05, 0.1) is 5.56 Å². The monoisotopic (exact) mass is 308 g/mol. The van der Waals surface area contributed by atoms with Crippen LogP contribution < -0.4 is 9.01 Å². The number of esters is 1. The standard InChI is InChI=1S/C14H14NO5S/c16-14(13-7-3-1-4-8-13)19-11-12-21(17,18)20-15-9-5-2-6-10-15/h1-10H,11-12H2/q+1. The molecule has 0 saturated heterocycles. The second-order valence-electron chi connectivity index (χ2n) is 4.07. The van der Waals surface area contributed by atoms with Crippen molar-refractivity contribution < 1.29 is 27.0 Å². The molecule has 0 saturated carbocycles. The number of hydrogen-bond donors (Lipinski definition) is 0. The van der Waals surface area contributed by atoms with Gasteiger partial charge in [-0.1, -0.05) is 24.3 Å². The zero-order valence-electron chi connectivity index (χ0n) is 11.1. The van der Waals surface area contributed by atoms with Crippen LogP contribution in [0.2, 0.25) is 0 Å². The quantitative estimate of drug-likeness (QED) is 0.577. The minimum atomic E-state index is -3.83. The van der Waals surface area contributed by atoms with Crippen molar-refractivity contribution in [3.63, 3.8) is 0 Å². The number of carbonyl (C=O) groups is 1. The molecule has 1 aromatic heterocycles. The summed E-state index contributed by atoms with van der Waals surface area (Å²) in [4.78, 5) is 11.6. The van der Waals surface area contributed by atoms with Crippen LogP contribution in [0.25, 0.3) is 0 Å². The smallest absolute Gasteiger partial charge is 0.370 e. The summed E-state index contributed by atoms with van der Waals surface area (Å²) in [7, 11) is -3.83. The van der Waals surface area contributed by atoms with Crippen molar-refractivity contribution in [2.24, 2.45) is 0 Å². The van der Waals surface area contributed by atoms with Gasteiger partial charge in [-0.05, 0) is 12.1 Å². The molecular formula is C14H14NO5S+. The molecule has 2 rings (SSSR count). The molecule has 2 aromatic rings. The highest BCUT2D eigenvalue weighted by Gasteiger charge is 2.19. The molecule has 7 heteroatoms. The van der Waals surface area contributed by atoms with Crippen LogP contribution in [0.3, 0.4) is 0 Å². The molecule has 1 aromatic carbocycles. The topological polar surface area (TPSA) is 73.5 Å². The Hall–Kier alpha value is -2.41. The molecule has 0 bridgehead atoms. The molecule has 0 unspecified atom stereocenters. The molecule has 0 radical (unpaired) electrons. The van der Waals surface area contributed by atoms with Gasteiger partial charge in [0.1, 0.15) is 12.4 Å². The Morgan fingerprint density at radius 1 is 1.00 bits per heavy atom. The number of nitrogens with zero attached hydrogens (tertiary/aromatic N) is 1. The average Bonchev–Trinajstić information content (AvgIpc) is 2.48. The van der Waals surface area contributed by atoms with E-state index in [4.69, 9.17) is 9.02 Å². The first kappa shape index (κ1) is 15.0. The van der Waals surface area contributed by atoms with Crippen LogP contribution >= 0.6 is 0 Å². The molecule has 6 nitrogen and oxygen atoms in total. The van der Waals surface area contributed by atoms with E-state index in [2.05, 4.69) is 0 Å². The van der Waals surface area contributed by atoms with Gasteiger partial charge in [-0.15, -0.1) is 4.28 Å². The van der Waals surface area contributed by atoms with Gasteiger partial charge >= 0.3 is 16.1 Å². The zero-order valence-corrected chi connectivity index (χ0v) is 11.9. The van der Waals surface area contributed by atoms with Crippen molar-refractivity contribution in [1.29, 1.82) is 0 Å². The largest absolute Gasteiger partial charge is 0.461 e. The van der Waals surface area contributed by atoms with Gasteiger partial charge in [0.2, 0.25) is 12.4 Å². The van der Waals surface area contributed by atoms with Crippen LogP contribution in [0.1, 0.15) is 10.4 Å². The molecular weight excluding hydrogens is 294 g/mol. The third-order valence-corrected chi connectivity index (χ3v) is 3.53. The Morgan fingerprint density at radius 2 is 1.62 bits per heavy atom. The summed E-state index contributed by atoms with van der Waals surface area (Å²) in [5, 5.41) is 0. The Labute approximate surface area is 122 Å². The number of ether oxygens (including phenoxy) is 1. The van der Waals surface area contributed by atoms with Crippen molar-refractivity contribution in [1.82, 2.24) is 0 Å². The minimum Gasteiger partial charge on any atom is -0.461 e. The summed E-state index contributed by atoms with van der Waals surface area (Å²) in [6, 6.07) is 13.3. The number of aromatic nitrogens is 1. The van der Waals surface area contributed by atoms with E-state index in [1.165, 1.54) is 12.4 Å². The van der Waals surface area contributed by atoms with Crippen LogP contribution in [0, 0.1) is 0 Å². The van der Waals surface area contributed by atoms with Crippen LogP contribution in [0.15, 0.2) is 60.9 Å². The molecule has 0 fully saturated rings. The SMILES string of the molecule is O=C(OCCS(=O)(=O)O[n+]1ccccc1)c1ccccc1. The highest BCUT2D eigenvalue weighted by atomic mass is 32.2. The lowest BCUT2D eigenvalue weighted by molar-refractivity contribution is -0.856. The Kier molecular flexibility index (Phi) is 4.89. The summed E-state index contributed by atoms with van der Waals surface area (Å²) in [6.07, 6.45) is 2.90. The second-order valence-corrected chi connectivity index (χ2v) is 5.75. The van der Waals surface area contributed by atoms with Crippen molar-refractivity contribution >= 4 is 16.1 Å². The van der Waals surface area contributed by atoms with E-state index in [9.17, 15) is 13.2 Å². The van der Waals surface area contributed by atoms with E-state index in [1.807, 2.05) is 0 Å². The van der Waals surface area contributed by atoms with Crippen LogP contribution in [0.4, 0.5) is 0 Å². The molecule has 0 aliphatic carbocycles. The number of hydrogen-bond acceptors (Lipinski definition) is 5. The van der Waals surface area contributed by atoms with E-state index in [1.54, 1.807) is 48.5 Å². The molecule has 0 aliphatic heterocycles. The lowest BCUT2D eigenvalue weighted by Gasteiger charge is -2.04. The van der Waals surface area contributed by atoms with E-state index < -0.39 is 21.8 Å². The van der Waals surface area contributed by atoms with Gasteiger partial charge in [0, 0.05) is 16.9 Å². The van der Waals surface area contributed by atoms with Crippen molar-refractivity contribution in [2.75, 3.05) is 12.4 Å². The molecule has 0 aliphatic rings. The molecule has 0 spiro atoms. The van der Waals surface area contributed by atoms with Gasteiger partial charge in [0.15, 0.2) is 0 Å². The Bertz CT molecular complexity index is 686. The summed E-state index contributed by atoms with van der Waals surface area (Å²) in [5.74, 6) is -0.994. The zero-order chi connectivity index (χ0) is 15.1. The molecule has 21 heavy (non-hydrogen) atoms. The van der Waals surface area contributed by atoms with Crippen LogP contribution in [0.5, 0.6) is 0 Å². The van der Waals surface area contributed by atoms with Gasteiger partial charge in [0.25, 0.3) is 0 Å². The van der Waals surface area contributed by atoms with Gasteiger partial charge in [-0.2, -0.15) is 8.42 Å². The van der Waals surface area contributed by atoms with Crippen molar-refractivity contribution in [2.45, 2.75) is 0 Å². The van der Waals surface area contributed by atoms with Crippen LogP contribution in [-0.2, 0) is 14.9 Å². The Morgan fingerprint density at radius 3 is 2.29 bits per heavy atom. The van der Waals surface area contributed by atoms with Gasteiger partial charge in [-0.3, -0.25) is 0 Å².